The standard InChI is InChI=1S/C24H29N5/c1-15(2)10-19-12-17(5)25-24(26-19)29-20(11-16(3)4)14-23(28-29)22-13-18-8-6-7-9-21(18)27-22/h6-9,12-16,27H,10-11H2,1-5H3. The number of rotatable bonds is 6. The molecule has 1 N–H and O–H groups in total. The van der Waals surface area contributed by atoms with Crippen LogP contribution in [0.25, 0.3) is 28.2 Å². The first-order valence-electron chi connectivity index (χ1n) is 10.4. The maximum Gasteiger partial charge on any atom is 0.251 e. The number of nitrogens with one attached hydrogen (secondary N) is 1. The van der Waals surface area contributed by atoms with Gasteiger partial charge in [0.25, 0.3) is 5.95 Å². The first-order valence-corrected chi connectivity index (χ1v) is 10.4. The minimum atomic E-state index is 0.515. The van der Waals surface area contributed by atoms with Crippen LogP contribution in [0.4, 0.5) is 0 Å². The fraction of sp³-hybridized carbons (Fsp3) is 0.375. The highest BCUT2D eigenvalue weighted by atomic mass is 15.4. The molecule has 4 rings (SSSR count). The second kappa shape index (κ2) is 7.82. The number of benzene rings is 1. The van der Waals surface area contributed by atoms with Gasteiger partial charge in [0.05, 0.1) is 5.69 Å². The average Bonchev–Trinajstić information content (AvgIpc) is 3.24. The summed E-state index contributed by atoms with van der Waals surface area (Å²) < 4.78 is 1.93. The molecule has 0 radical (unpaired) electrons. The number of hydrogen-bond acceptors (Lipinski definition) is 3. The summed E-state index contributed by atoms with van der Waals surface area (Å²) in [6.07, 6.45) is 1.86. The molecule has 0 saturated carbocycles. The lowest BCUT2D eigenvalue weighted by Crippen LogP contribution is -2.12. The van der Waals surface area contributed by atoms with Crippen molar-refractivity contribution < 1.29 is 0 Å². The van der Waals surface area contributed by atoms with E-state index in [-0.39, 0.29) is 0 Å². The van der Waals surface area contributed by atoms with E-state index in [9.17, 15) is 0 Å². The molecule has 3 heterocycles. The van der Waals surface area contributed by atoms with Crippen LogP contribution in [0.2, 0.25) is 0 Å². The molecule has 1 aromatic carbocycles. The molecule has 0 spiro atoms. The van der Waals surface area contributed by atoms with Crippen molar-refractivity contribution in [3.05, 3.63) is 59.5 Å². The molecule has 0 bridgehead atoms. The third-order valence-electron chi connectivity index (χ3n) is 4.91. The van der Waals surface area contributed by atoms with Gasteiger partial charge in [-0.25, -0.2) is 14.6 Å². The monoisotopic (exact) mass is 387 g/mol. The highest BCUT2D eigenvalue weighted by molar-refractivity contribution is 5.85. The lowest BCUT2D eigenvalue weighted by molar-refractivity contribution is 0.602. The van der Waals surface area contributed by atoms with Gasteiger partial charge in [-0.1, -0.05) is 45.9 Å². The van der Waals surface area contributed by atoms with Crippen molar-refractivity contribution in [1.29, 1.82) is 0 Å². The summed E-state index contributed by atoms with van der Waals surface area (Å²) in [7, 11) is 0. The second-order valence-corrected chi connectivity index (χ2v) is 8.70. The van der Waals surface area contributed by atoms with E-state index in [0.717, 1.165) is 46.8 Å². The van der Waals surface area contributed by atoms with Crippen LogP contribution in [0.3, 0.4) is 0 Å². The summed E-state index contributed by atoms with van der Waals surface area (Å²) in [6.45, 7) is 10.9. The molecule has 0 atom stereocenters. The number of fused-ring (bicyclic) bond motifs is 1. The highest BCUT2D eigenvalue weighted by Crippen LogP contribution is 2.26. The van der Waals surface area contributed by atoms with E-state index < -0.39 is 0 Å². The van der Waals surface area contributed by atoms with E-state index in [1.807, 2.05) is 17.7 Å². The van der Waals surface area contributed by atoms with Crippen LogP contribution in [0.15, 0.2) is 42.5 Å². The van der Waals surface area contributed by atoms with Crippen LogP contribution in [0.5, 0.6) is 0 Å². The number of aromatic amines is 1. The van der Waals surface area contributed by atoms with Crippen molar-refractivity contribution in [3.8, 4) is 17.3 Å². The summed E-state index contributed by atoms with van der Waals surface area (Å²) >= 11 is 0. The molecule has 0 fully saturated rings. The van der Waals surface area contributed by atoms with Gasteiger partial charge in [-0.3, -0.25) is 0 Å². The quantitative estimate of drug-likeness (QED) is 0.474. The first kappa shape index (κ1) is 19.4. The van der Waals surface area contributed by atoms with Crippen molar-refractivity contribution in [2.24, 2.45) is 11.8 Å². The SMILES string of the molecule is Cc1cc(CC(C)C)nc(-n2nc(-c3cc4ccccc4[nH]3)cc2CC(C)C)n1. The van der Waals surface area contributed by atoms with Crippen LogP contribution in [-0.2, 0) is 12.8 Å². The molecule has 4 aromatic rings. The second-order valence-electron chi connectivity index (χ2n) is 8.70. The predicted molar refractivity (Wildman–Crippen MR) is 118 cm³/mol. The minimum Gasteiger partial charge on any atom is -0.353 e. The summed E-state index contributed by atoms with van der Waals surface area (Å²) in [4.78, 5) is 13.0. The van der Waals surface area contributed by atoms with E-state index in [1.165, 1.54) is 5.39 Å². The topological polar surface area (TPSA) is 59.4 Å². The summed E-state index contributed by atoms with van der Waals surface area (Å²) in [5.41, 5.74) is 6.24. The Labute approximate surface area is 172 Å². The van der Waals surface area contributed by atoms with Crippen molar-refractivity contribution in [1.82, 2.24) is 24.7 Å². The van der Waals surface area contributed by atoms with Crippen molar-refractivity contribution in [2.45, 2.75) is 47.5 Å². The maximum atomic E-state index is 4.92. The molecule has 5 heteroatoms. The fourth-order valence-electron chi connectivity index (χ4n) is 3.73. The lowest BCUT2D eigenvalue weighted by atomic mass is 10.1. The van der Waals surface area contributed by atoms with Crippen molar-refractivity contribution >= 4 is 10.9 Å². The van der Waals surface area contributed by atoms with Crippen LogP contribution in [0.1, 0.15) is 44.8 Å². The minimum absolute atomic E-state index is 0.515. The van der Waals surface area contributed by atoms with Gasteiger partial charge in [-0.2, -0.15) is 5.10 Å². The van der Waals surface area contributed by atoms with Gasteiger partial charge < -0.3 is 4.98 Å². The Morgan fingerprint density at radius 3 is 2.41 bits per heavy atom. The van der Waals surface area contributed by atoms with Gasteiger partial charge in [0, 0.05) is 28.0 Å². The van der Waals surface area contributed by atoms with Crippen LogP contribution >= 0.6 is 0 Å². The summed E-state index contributed by atoms with van der Waals surface area (Å²) in [6, 6.07) is 14.7. The zero-order chi connectivity index (χ0) is 20.5. The summed E-state index contributed by atoms with van der Waals surface area (Å²) in [5, 5.41) is 6.11. The van der Waals surface area contributed by atoms with E-state index in [0.29, 0.717) is 17.8 Å². The molecule has 5 nitrogen and oxygen atoms in total. The van der Waals surface area contributed by atoms with E-state index in [2.05, 4.69) is 69.1 Å². The summed E-state index contributed by atoms with van der Waals surface area (Å²) in [5.74, 6) is 1.73. The first-order chi connectivity index (χ1) is 13.9. The fourth-order valence-corrected chi connectivity index (χ4v) is 3.73. The number of H-pyrrole nitrogens is 1. The maximum absolute atomic E-state index is 4.92. The Bertz CT molecular complexity index is 1100. The van der Waals surface area contributed by atoms with E-state index in [1.54, 1.807) is 0 Å². The van der Waals surface area contributed by atoms with E-state index in [4.69, 9.17) is 15.1 Å². The molecule has 0 unspecified atom stereocenters. The zero-order valence-electron chi connectivity index (χ0n) is 17.9. The molecular weight excluding hydrogens is 358 g/mol. The Kier molecular flexibility index (Phi) is 5.22. The Hall–Kier alpha value is -2.95. The molecule has 0 aliphatic heterocycles. The lowest BCUT2D eigenvalue weighted by Gasteiger charge is -2.11. The van der Waals surface area contributed by atoms with Crippen LogP contribution < -0.4 is 0 Å². The third kappa shape index (κ3) is 4.24. The molecule has 3 aromatic heterocycles. The molecule has 29 heavy (non-hydrogen) atoms. The number of aromatic nitrogens is 5. The van der Waals surface area contributed by atoms with Gasteiger partial charge >= 0.3 is 0 Å². The molecule has 150 valence electrons. The van der Waals surface area contributed by atoms with Gasteiger partial charge in [-0.05, 0) is 55.9 Å². The predicted octanol–water partition coefficient (Wildman–Crippen LogP) is 5.52. The van der Waals surface area contributed by atoms with Gasteiger partial charge in [0.1, 0.15) is 5.69 Å². The van der Waals surface area contributed by atoms with Gasteiger partial charge in [-0.15, -0.1) is 0 Å². The highest BCUT2D eigenvalue weighted by Gasteiger charge is 2.17. The average molecular weight is 388 g/mol. The van der Waals surface area contributed by atoms with Crippen LogP contribution in [0, 0.1) is 18.8 Å². The van der Waals surface area contributed by atoms with Gasteiger partial charge in [0.2, 0.25) is 0 Å². The number of hydrogen-bond donors (Lipinski definition) is 1. The number of nitrogens with zero attached hydrogens (tertiary/aromatic N) is 4. The Morgan fingerprint density at radius 1 is 0.931 bits per heavy atom. The van der Waals surface area contributed by atoms with Crippen LogP contribution in [-0.4, -0.2) is 24.7 Å². The van der Waals surface area contributed by atoms with Gasteiger partial charge in [0.15, 0.2) is 0 Å². The van der Waals surface area contributed by atoms with E-state index >= 15 is 0 Å². The largest absolute Gasteiger partial charge is 0.353 e. The normalized spacial score (nSPS) is 11.8. The van der Waals surface area contributed by atoms with Crippen molar-refractivity contribution in [3.63, 3.8) is 0 Å². The Balaban J connectivity index is 1.81. The third-order valence-corrected chi connectivity index (χ3v) is 4.91. The molecular formula is C24H29N5. The van der Waals surface area contributed by atoms with Crippen molar-refractivity contribution in [2.75, 3.05) is 0 Å². The number of aryl methyl sites for hydroxylation is 1. The molecule has 0 aliphatic carbocycles. The molecule has 0 saturated heterocycles. The Morgan fingerprint density at radius 2 is 1.69 bits per heavy atom. The zero-order valence-corrected chi connectivity index (χ0v) is 17.9. The smallest absolute Gasteiger partial charge is 0.251 e. The molecule has 0 aliphatic rings. The molecule has 0 amide bonds. The number of para-hydroxylation sites is 1.